The molecule has 0 amide bonds. The van der Waals surface area contributed by atoms with E-state index in [4.69, 9.17) is 0 Å². The highest BCUT2D eigenvalue weighted by Gasteiger charge is 2.63. The maximum Gasteiger partial charge on any atom is 0.0594 e. The molecule has 2 fully saturated rings. The predicted molar refractivity (Wildman–Crippen MR) is 142 cm³/mol. The molecule has 1 N–H and O–H groups in total. The molecule has 4 aliphatic carbocycles. The highest BCUT2D eigenvalue weighted by Crippen LogP contribution is 2.72. The molecule has 0 unspecified atom stereocenters. The van der Waals surface area contributed by atoms with Crippen molar-refractivity contribution in [2.45, 2.75) is 133 Å². The van der Waals surface area contributed by atoms with Gasteiger partial charge in [0.2, 0.25) is 0 Å². The van der Waals surface area contributed by atoms with Gasteiger partial charge in [-0.15, -0.1) is 0 Å². The van der Waals surface area contributed by atoms with E-state index in [1.165, 1.54) is 57.8 Å². The monoisotopic (exact) mass is 454 g/mol. The zero-order valence-electron chi connectivity index (χ0n) is 23.5. The molecule has 0 heterocycles. The Hall–Kier alpha value is -0.560. The Balaban J connectivity index is 1.61. The van der Waals surface area contributed by atoms with Crippen molar-refractivity contribution in [3.05, 3.63) is 22.8 Å². The Morgan fingerprint density at radius 2 is 1.64 bits per heavy atom. The van der Waals surface area contributed by atoms with Crippen molar-refractivity contribution in [3.8, 4) is 0 Å². The fourth-order valence-corrected chi connectivity index (χ4v) is 9.99. The number of aliphatic hydroxyl groups excluding tert-OH is 1. The molecule has 1 nitrogen and oxygen atoms in total. The minimum Gasteiger partial charge on any atom is -0.393 e. The fourth-order valence-electron chi connectivity index (χ4n) is 9.99. The van der Waals surface area contributed by atoms with Gasteiger partial charge in [-0.25, -0.2) is 0 Å². The van der Waals surface area contributed by atoms with Crippen molar-refractivity contribution in [1.29, 1.82) is 0 Å². The SMILES string of the molecule is C/C=C(/CC[C@@H](C)[C@H]1CC[C@@]2(C)C3=C(CC[C@]12C)[C@@]1(C)CC[C@H](O)C(C)(C)[C@@H]1CC3)C(C)C. The van der Waals surface area contributed by atoms with Gasteiger partial charge in [-0.05, 0) is 116 Å². The van der Waals surface area contributed by atoms with Gasteiger partial charge in [0.25, 0.3) is 0 Å². The van der Waals surface area contributed by atoms with Gasteiger partial charge in [0.15, 0.2) is 0 Å². The molecular formula is C32H54O. The van der Waals surface area contributed by atoms with Crippen LogP contribution in [0.4, 0.5) is 0 Å². The molecule has 0 radical (unpaired) electrons. The van der Waals surface area contributed by atoms with E-state index in [-0.39, 0.29) is 11.5 Å². The van der Waals surface area contributed by atoms with Crippen LogP contribution in [0.1, 0.15) is 127 Å². The lowest BCUT2D eigenvalue weighted by Crippen LogP contribution is -2.55. The quantitative estimate of drug-likeness (QED) is 0.411. The van der Waals surface area contributed by atoms with Crippen LogP contribution in [0.15, 0.2) is 22.8 Å². The number of aliphatic hydroxyl groups is 1. The van der Waals surface area contributed by atoms with Gasteiger partial charge in [0, 0.05) is 0 Å². The van der Waals surface area contributed by atoms with Gasteiger partial charge in [-0.2, -0.15) is 0 Å². The van der Waals surface area contributed by atoms with Crippen LogP contribution < -0.4 is 0 Å². The summed E-state index contributed by atoms with van der Waals surface area (Å²) in [6.45, 7) is 22.2. The Morgan fingerprint density at radius 1 is 0.939 bits per heavy atom. The summed E-state index contributed by atoms with van der Waals surface area (Å²) in [5, 5.41) is 10.8. The third kappa shape index (κ3) is 3.65. The van der Waals surface area contributed by atoms with Crippen LogP contribution in [0.2, 0.25) is 0 Å². The van der Waals surface area contributed by atoms with Gasteiger partial charge >= 0.3 is 0 Å². The summed E-state index contributed by atoms with van der Waals surface area (Å²) < 4.78 is 0. The van der Waals surface area contributed by atoms with Crippen molar-refractivity contribution in [2.24, 2.45) is 45.3 Å². The molecule has 4 rings (SSSR count). The zero-order chi connectivity index (χ0) is 24.4. The molecule has 4 aliphatic rings. The Bertz CT molecular complexity index is 814. The standard InChI is InChI=1S/C32H54O/c1-10-23(21(2)3)12-11-22(4)24-15-19-32(9)26-13-14-27-29(5,6)28(33)17-18-30(27,7)25(26)16-20-31(24,32)8/h10,21-22,24,27-28,33H,11-20H2,1-9H3/b23-10-/t22-,24-,27+,28+,30-,31-,32+/m1/s1. The van der Waals surface area contributed by atoms with Crippen LogP contribution in [-0.4, -0.2) is 11.2 Å². The lowest BCUT2D eigenvalue weighted by atomic mass is 9.43. The maximum absolute atomic E-state index is 10.8. The fraction of sp³-hybridized carbons (Fsp3) is 0.875. The number of rotatable bonds is 5. The molecular weight excluding hydrogens is 400 g/mol. The molecule has 0 spiro atoms. The number of fused-ring (bicyclic) bond motifs is 4. The normalized spacial score (nSPS) is 43.8. The van der Waals surface area contributed by atoms with Gasteiger partial charge in [-0.3, -0.25) is 0 Å². The Kier molecular flexibility index (Phi) is 6.60. The van der Waals surface area contributed by atoms with Crippen LogP contribution in [0.25, 0.3) is 0 Å². The first-order valence-corrected chi connectivity index (χ1v) is 14.4. The molecule has 0 bridgehead atoms. The summed E-state index contributed by atoms with van der Waals surface area (Å²) in [5.41, 5.74) is 6.57. The van der Waals surface area contributed by atoms with E-state index in [1.54, 1.807) is 5.57 Å². The molecule has 2 saturated carbocycles. The summed E-state index contributed by atoms with van der Waals surface area (Å²) >= 11 is 0. The van der Waals surface area contributed by atoms with Gasteiger partial charge in [0.1, 0.15) is 0 Å². The van der Waals surface area contributed by atoms with Crippen LogP contribution in [0, 0.1) is 45.3 Å². The topological polar surface area (TPSA) is 20.2 Å². The Labute approximate surface area is 205 Å². The van der Waals surface area contributed by atoms with Crippen molar-refractivity contribution >= 4 is 0 Å². The van der Waals surface area contributed by atoms with Crippen LogP contribution in [0.3, 0.4) is 0 Å². The Morgan fingerprint density at radius 3 is 2.27 bits per heavy atom. The third-order valence-corrected chi connectivity index (χ3v) is 12.5. The number of hydrogen-bond acceptors (Lipinski definition) is 1. The van der Waals surface area contributed by atoms with E-state index in [2.05, 4.69) is 68.4 Å². The summed E-state index contributed by atoms with van der Waals surface area (Å²) in [5.74, 6) is 2.98. The highest BCUT2D eigenvalue weighted by molar-refractivity contribution is 5.38. The van der Waals surface area contributed by atoms with Crippen molar-refractivity contribution in [2.75, 3.05) is 0 Å². The summed E-state index contributed by atoms with van der Waals surface area (Å²) in [4.78, 5) is 0. The first-order chi connectivity index (χ1) is 15.3. The lowest BCUT2D eigenvalue weighted by molar-refractivity contribution is -0.0962. The lowest BCUT2D eigenvalue weighted by Gasteiger charge is -2.62. The number of allylic oxidation sites excluding steroid dienone is 4. The first kappa shape index (κ1) is 25.5. The smallest absolute Gasteiger partial charge is 0.0594 e. The maximum atomic E-state index is 10.8. The minimum absolute atomic E-state index is 0.0425. The van der Waals surface area contributed by atoms with Crippen LogP contribution in [0.5, 0.6) is 0 Å². The van der Waals surface area contributed by atoms with Crippen LogP contribution in [-0.2, 0) is 0 Å². The summed E-state index contributed by atoms with van der Waals surface area (Å²) in [7, 11) is 0. The minimum atomic E-state index is -0.133. The molecule has 0 aliphatic heterocycles. The average Bonchev–Trinajstić information content (AvgIpc) is 3.03. The average molecular weight is 455 g/mol. The van der Waals surface area contributed by atoms with E-state index < -0.39 is 0 Å². The van der Waals surface area contributed by atoms with Crippen molar-refractivity contribution in [3.63, 3.8) is 0 Å². The second-order valence-electron chi connectivity index (χ2n) is 14.3. The van der Waals surface area contributed by atoms with E-state index in [0.717, 1.165) is 18.3 Å². The van der Waals surface area contributed by atoms with E-state index >= 15 is 0 Å². The van der Waals surface area contributed by atoms with E-state index in [0.29, 0.717) is 28.1 Å². The first-order valence-electron chi connectivity index (χ1n) is 14.4. The van der Waals surface area contributed by atoms with Crippen molar-refractivity contribution in [1.82, 2.24) is 0 Å². The molecule has 1 heteroatoms. The molecule has 0 saturated heterocycles. The summed E-state index contributed by atoms with van der Waals surface area (Å²) in [6, 6.07) is 0. The zero-order valence-corrected chi connectivity index (χ0v) is 23.5. The van der Waals surface area contributed by atoms with Crippen molar-refractivity contribution < 1.29 is 5.11 Å². The molecule has 0 aromatic carbocycles. The van der Waals surface area contributed by atoms with E-state index in [9.17, 15) is 5.11 Å². The second kappa shape index (κ2) is 8.53. The largest absolute Gasteiger partial charge is 0.393 e. The van der Waals surface area contributed by atoms with E-state index in [1.807, 2.05) is 11.1 Å². The third-order valence-electron chi connectivity index (χ3n) is 12.5. The highest BCUT2D eigenvalue weighted by atomic mass is 16.3. The predicted octanol–water partition coefficient (Wildman–Crippen LogP) is 9.12. The number of hydrogen-bond donors (Lipinski definition) is 1. The molecule has 0 aromatic heterocycles. The van der Waals surface area contributed by atoms with Crippen LogP contribution >= 0.6 is 0 Å². The molecule has 188 valence electrons. The molecule has 33 heavy (non-hydrogen) atoms. The van der Waals surface area contributed by atoms with Gasteiger partial charge < -0.3 is 5.11 Å². The van der Waals surface area contributed by atoms with Gasteiger partial charge in [-0.1, -0.05) is 78.2 Å². The van der Waals surface area contributed by atoms with Gasteiger partial charge in [0.05, 0.1) is 6.10 Å². The molecule has 0 aromatic rings. The second-order valence-corrected chi connectivity index (χ2v) is 14.3. The summed E-state index contributed by atoms with van der Waals surface area (Å²) in [6.07, 6.45) is 15.1. The molecule has 7 atom stereocenters.